The van der Waals surface area contributed by atoms with E-state index in [0.29, 0.717) is 19.3 Å². The summed E-state index contributed by atoms with van der Waals surface area (Å²) in [5, 5.41) is 12.1. The minimum atomic E-state index is -2.93. The van der Waals surface area contributed by atoms with Gasteiger partial charge in [0.1, 0.15) is 5.54 Å². The zero-order chi connectivity index (χ0) is 11.1. The summed E-state index contributed by atoms with van der Waals surface area (Å²) in [7, 11) is -2.93. The van der Waals surface area contributed by atoms with Crippen LogP contribution in [0.4, 0.5) is 0 Å². The van der Waals surface area contributed by atoms with Crippen molar-refractivity contribution < 1.29 is 18.3 Å². The van der Waals surface area contributed by atoms with Crippen LogP contribution >= 0.6 is 0 Å². The van der Waals surface area contributed by atoms with Gasteiger partial charge < -0.3 is 5.11 Å². The molecule has 1 aliphatic heterocycles. The highest BCUT2D eigenvalue weighted by molar-refractivity contribution is 7.91. The highest BCUT2D eigenvalue weighted by Crippen LogP contribution is 2.33. The monoisotopic (exact) mass is 233 g/mol. The van der Waals surface area contributed by atoms with Crippen LogP contribution in [-0.4, -0.2) is 42.6 Å². The standard InChI is InChI=1S/C9H15NO4S/c11-8(12)9(3-1-4-9)10-7-2-5-15(13,14)6-7/h7,10H,1-6H2,(H,11,12). The van der Waals surface area contributed by atoms with Gasteiger partial charge in [-0.2, -0.15) is 0 Å². The van der Waals surface area contributed by atoms with Gasteiger partial charge in [0, 0.05) is 6.04 Å². The first-order valence-corrected chi connectivity index (χ1v) is 6.97. The molecule has 0 radical (unpaired) electrons. The van der Waals surface area contributed by atoms with E-state index in [0.717, 1.165) is 6.42 Å². The quantitative estimate of drug-likeness (QED) is 0.703. The molecule has 1 heterocycles. The number of carboxylic acids is 1. The van der Waals surface area contributed by atoms with Gasteiger partial charge in [0.2, 0.25) is 0 Å². The molecule has 2 fully saturated rings. The van der Waals surface area contributed by atoms with E-state index >= 15 is 0 Å². The minimum absolute atomic E-state index is 0.0853. The largest absolute Gasteiger partial charge is 0.480 e. The smallest absolute Gasteiger partial charge is 0.323 e. The Kier molecular flexibility index (Phi) is 2.50. The zero-order valence-electron chi connectivity index (χ0n) is 8.40. The Balaban J connectivity index is 2.00. The van der Waals surface area contributed by atoms with Crippen molar-refractivity contribution >= 4 is 15.8 Å². The molecule has 2 aliphatic rings. The molecule has 1 unspecified atom stereocenters. The average molecular weight is 233 g/mol. The van der Waals surface area contributed by atoms with Crippen molar-refractivity contribution in [2.45, 2.75) is 37.3 Å². The van der Waals surface area contributed by atoms with Crippen LogP contribution in [0.25, 0.3) is 0 Å². The number of sulfone groups is 1. The normalized spacial score (nSPS) is 32.1. The fourth-order valence-electron chi connectivity index (χ4n) is 2.25. The summed E-state index contributed by atoms with van der Waals surface area (Å²) in [5.41, 5.74) is -0.843. The van der Waals surface area contributed by atoms with Gasteiger partial charge in [0.15, 0.2) is 9.84 Å². The molecule has 5 nitrogen and oxygen atoms in total. The maximum Gasteiger partial charge on any atom is 0.323 e. The second kappa shape index (κ2) is 3.45. The summed E-state index contributed by atoms with van der Waals surface area (Å²) in [4.78, 5) is 11.0. The summed E-state index contributed by atoms with van der Waals surface area (Å²) in [6, 6.07) is -0.175. The van der Waals surface area contributed by atoms with Crippen molar-refractivity contribution in [3.8, 4) is 0 Å². The van der Waals surface area contributed by atoms with Crippen molar-refractivity contribution in [2.24, 2.45) is 0 Å². The SMILES string of the molecule is O=C(O)C1(NC2CCS(=O)(=O)C2)CCC1. The van der Waals surface area contributed by atoms with Crippen LogP contribution in [0.1, 0.15) is 25.7 Å². The Labute approximate surface area is 88.8 Å². The Morgan fingerprint density at radius 2 is 2.07 bits per heavy atom. The lowest BCUT2D eigenvalue weighted by Crippen LogP contribution is -2.60. The molecular weight excluding hydrogens is 218 g/mol. The number of nitrogens with one attached hydrogen (secondary N) is 1. The fraction of sp³-hybridized carbons (Fsp3) is 0.889. The maximum absolute atomic E-state index is 11.2. The molecule has 1 atom stereocenters. The first-order chi connectivity index (χ1) is 6.94. The van der Waals surface area contributed by atoms with E-state index in [1.54, 1.807) is 0 Å². The highest BCUT2D eigenvalue weighted by atomic mass is 32.2. The molecule has 15 heavy (non-hydrogen) atoms. The van der Waals surface area contributed by atoms with Gasteiger partial charge >= 0.3 is 5.97 Å². The van der Waals surface area contributed by atoms with Crippen LogP contribution < -0.4 is 5.32 Å². The van der Waals surface area contributed by atoms with Gasteiger partial charge in [-0.3, -0.25) is 10.1 Å². The molecule has 0 aromatic heterocycles. The molecule has 2 rings (SSSR count). The van der Waals surface area contributed by atoms with Crippen LogP contribution in [-0.2, 0) is 14.6 Å². The molecule has 0 aromatic carbocycles. The molecule has 2 N–H and O–H groups in total. The Hall–Kier alpha value is -0.620. The number of carboxylic acid groups (broad SMARTS) is 1. The van der Waals surface area contributed by atoms with Gasteiger partial charge in [-0.1, -0.05) is 0 Å². The van der Waals surface area contributed by atoms with E-state index in [1.165, 1.54) is 0 Å². The Bertz CT molecular complexity index is 372. The molecular formula is C9H15NO4S. The van der Waals surface area contributed by atoms with Crippen molar-refractivity contribution in [1.82, 2.24) is 5.32 Å². The summed E-state index contributed by atoms with van der Waals surface area (Å²) in [6.07, 6.45) is 2.66. The molecule has 6 heteroatoms. The third-order valence-electron chi connectivity index (χ3n) is 3.33. The number of carbonyl (C=O) groups is 1. The predicted molar refractivity (Wildman–Crippen MR) is 54.4 cm³/mol. The fourth-order valence-corrected chi connectivity index (χ4v) is 3.92. The third kappa shape index (κ3) is 2.01. The van der Waals surface area contributed by atoms with Gasteiger partial charge in [0.25, 0.3) is 0 Å². The number of aliphatic carboxylic acids is 1. The average Bonchev–Trinajstić information content (AvgIpc) is 2.37. The second-order valence-electron chi connectivity index (χ2n) is 4.49. The van der Waals surface area contributed by atoms with E-state index in [4.69, 9.17) is 5.11 Å². The predicted octanol–water partition coefficient (Wildman–Crippen LogP) is -0.230. The molecule has 0 bridgehead atoms. The summed E-state index contributed by atoms with van der Waals surface area (Å²) < 4.78 is 22.4. The van der Waals surface area contributed by atoms with E-state index in [9.17, 15) is 13.2 Å². The minimum Gasteiger partial charge on any atom is -0.480 e. The maximum atomic E-state index is 11.2. The lowest BCUT2D eigenvalue weighted by atomic mass is 9.76. The Morgan fingerprint density at radius 3 is 2.40 bits per heavy atom. The molecule has 86 valence electrons. The summed E-state index contributed by atoms with van der Waals surface area (Å²) in [5.74, 6) is -0.583. The van der Waals surface area contributed by atoms with Crippen molar-refractivity contribution in [3.63, 3.8) is 0 Å². The van der Waals surface area contributed by atoms with Gasteiger partial charge in [-0.25, -0.2) is 8.42 Å². The molecule has 1 saturated heterocycles. The second-order valence-corrected chi connectivity index (χ2v) is 6.71. The topological polar surface area (TPSA) is 83.5 Å². The van der Waals surface area contributed by atoms with Crippen LogP contribution in [0, 0.1) is 0 Å². The van der Waals surface area contributed by atoms with Crippen LogP contribution in [0.15, 0.2) is 0 Å². The molecule has 0 aromatic rings. The van der Waals surface area contributed by atoms with Crippen LogP contribution in [0.5, 0.6) is 0 Å². The van der Waals surface area contributed by atoms with E-state index < -0.39 is 21.3 Å². The Morgan fingerprint density at radius 1 is 1.40 bits per heavy atom. The summed E-state index contributed by atoms with van der Waals surface area (Å²) in [6.45, 7) is 0. The van der Waals surface area contributed by atoms with Gasteiger partial charge in [0.05, 0.1) is 11.5 Å². The number of hydrogen-bond donors (Lipinski definition) is 2. The molecule has 1 saturated carbocycles. The van der Waals surface area contributed by atoms with E-state index in [1.807, 2.05) is 0 Å². The van der Waals surface area contributed by atoms with Gasteiger partial charge in [-0.05, 0) is 25.7 Å². The van der Waals surface area contributed by atoms with E-state index in [2.05, 4.69) is 5.32 Å². The lowest BCUT2D eigenvalue weighted by Gasteiger charge is -2.40. The number of rotatable bonds is 3. The molecule has 0 amide bonds. The first kappa shape index (κ1) is 10.9. The van der Waals surface area contributed by atoms with Crippen molar-refractivity contribution in [1.29, 1.82) is 0 Å². The lowest BCUT2D eigenvalue weighted by molar-refractivity contribution is -0.149. The van der Waals surface area contributed by atoms with Gasteiger partial charge in [-0.15, -0.1) is 0 Å². The van der Waals surface area contributed by atoms with Crippen molar-refractivity contribution in [2.75, 3.05) is 11.5 Å². The highest BCUT2D eigenvalue weighted by Gasteiger charge is 2.46. The third-order valence-corrected chi connectivity index (χ3v) is 5.10. The molecule has 1 aliphatic carbocycles. The van der Waals surface area contributed by atoms with Crippen LogP contribution in [0.3, 0.4) is 0 Å². The number of hydrogen-bond acceptors (Lipinski definition) is 4. The van der Waals surface area contributed by atoms with E-state index in [-0.39, 0.29) is 17.5 Å². The zero-order valence-corrected chi connectivity index (χ0v) is 9.22. The summed E-state index contributed by atoms with van der Waals surface area (Å²) >= 11 is 0. The first-order valence-electron chi connectivity index (χ1n) is 5.15. The van der Waals surface area contributed by atoms with Crippen molar-refractivity contribution in [3.05, 3.63) is 0 Å². The van der Waals surface area contributed by atoms with Crippen LogP contribution in [0.2, 0.25) is 0 Å². The molecule has 0 spiro atoms.